The number of hydrogen-bond acceptors (Lipinski definition) is 5. The van der Waals surface area contributed by atoms with Crippen molar-refractivity contribution in [2.45, 2.75) is 65.3 Å². The van der Waals surface area contributed by atoms with E-state index in [9.17, 15) is 4.79 Å². The molecule has 0 saturated carbocycles. The van der Waals surface area contributed by atoms with E-state index < -0.39 is 47.6 Å². The van der Waals surface area contributed by atoms with E-state index in [-0.39, 0.29) is 0 Å². The summed E-state index contributed by atoms with van der Waals surface area (Å²) in [7, 11) is -7.25. The lowest BCUT2D eigenvalue weighted by Crippen LogP contribution is -2.62. The van der Waals surface area contributed by atoms with E-state index in [4.69, 9.17) is 17.1 Å². The average Bonchev–Trinajstić information content (AvgIpc) is 2.32. The molecule has 0 radical (unpaired) electrons. The minimum atomic E-state index is -3.02. The number of carbonyl (C=O) groups excluding carboxylic acids is 1. The van der Waals surface area contributed by atoms with Gasteiger partial charge in [0, 0.05) is 5.57 Å². The lowest BCUT2D eigenvalue weighted by Gasteiger charge is -2.39. The van der Waals surface area contributed by atoms with Crippen LogP contribution in [-0.2, 0) is 21.9 Å². The Morgan fingerprint density at radius 2 is 1.36 bits per heavy atom. The highest BCUT2D eigenvalue weighted by molar-refractivity contribution is 6.80. The molecule has 0 aromatic heterocycles. The Bertz CT molecular complexity index is 347. The lowest BCUT2D eigenvalue weighted by molar-refractivity contribution is -0.143. The highest BCUT2D eigenvalue weighted by atomic mass is 28.5. The fraction of sp³-hybridized carbons (Fsp3) is 0.769. The molecule has 9 heteroatoms. The van der Waals surface area contributed by atoms with Crippen molar-refractivity contribution in [3.8, 4) is 0 Å². The highest BCUT2D eigenvalue weighted by Crippen LogP contribution is 2.24. The van der Waals surface area contributed by atoms with Crippen molar-refractivity contribution in [2.24, 2.45) is 0 Å². The summed E-state index contributed by atoms with van der Waals surface area (Å²) in [6, 6.07) is 0. The Morgan fingerprint density at radius 3 is 1.59 bits per heavy atom. The van der Waals surface area contributed by atoms with Gasteiger partial charge in [0.2, 0.25) is 0 Å². The molecule has 0 fully saturated rings. The summed E-state index contributed by atoms with van der Waals surface area (Å²) in [6.07, 6.45) is 0.620. The second-order valence-electron chi connectivity index (χ2n) is 6.19. The van der Waals surface area contributed by atoms with Crippen LogP contribution in [0.1, 0.15) is 20.3 Å². The van der Waals surface area contributed by atoms with Crippen molar-refractivity contribution in [3.05, 3.63) is 12.2 Å². The Kier molecular flexibility index (Phi) is 9.94. The van der Waals surface area contributed by atoms with E-state index in [1.807, 2.05) is 6.92 Å². The van der Waals surface area contributed by atoms with Gasteiger partial charge in [-0.05, 0) is 52.6 Å². The first-order valence-corrected chi connectivity index (χ1v) is 18.1. The number of rotatable bonds is 10. The zero-order chi connectivity index (χ0) is 17.5. The van der Waals surface area contributed by atoms with Gasteiger partial charge < -0.3 is 17.1 Å². The number of hydrogen-bond donors (Lipinski definition) is 0. The number of esters is 1. The maximum atomic E-state index is 12.0. The van der Waals surface area contributed by atoms with Crippen LogP contribution < -0.4 is 0 Å². The summed E-state index contributed by atoms with van der Waals surface area (Å²) in [5.74, 6) is -0.402. The largest absolute Gasteiger partial charge is 0.512 e. The monoisotopic (exact) mass is 380 g/mol. The molecule has 0 rings (SSSR count). The molecule has 0 aliphatic heterocycles. The summed E-state index contributed by atoms with van der Waals surface area (Å²) in [5, 5.41) is 0. The van der Waals surface area contributed by atoms with Crippen LogP contribution in [0.3, 0.4) is 0 Å². The minimum Gasteiger partial charge on any atom is -0.455 e. The van der Waals surface area contributed by atoms with Crippen LogP contribution in [0.5, 0.6) is 0 Å². The van der Waals surface area contributed by atoms with Gasteiger partial charge in [0.1, 0.15) is 0 Å². The van der Waals surface area contributed by atoms with Gasteiger partial charge in [-0.25, -0.2) is 4.79 Å². The smallest absolute Gasteiger partial charge is 0.455 e. The Morgan fingerprint density at radius 1 is 1.00 bits per heavy atom. The van der Waals surface area contributed by atoms with Crippen molar-refractivity contribution < 1.29 is 21.9 Å². The Balaban J connectivity index is 5.60. The van der Waals surface area contributed by atoms with E-state index in [0.717, 1.165) is 0 Å². The zero-order valence-electron chi connectivity index (χ0n) is 15.3. The van der Waals surface area contributed by atoms with Crippen molar-refractivity contribution in [3.63, 3.8) is 0 Å². The molecule has 0 N–H and O–H groups in total. The summed E-state index contributed by atoms with van der Waals surface area (Å²) in [4.78, 5) is 12.0. The predicted molar refractivity (Wildman–Crippen MR) is 101 cm³/mol. The second kappa shape index (κ2) is 9.95. The molecule has 0 aliphatic carbocycles. The molecule has 130 valence electrons. The van der Waals surface area contributed by atoms with Gasteiger partial charge in [-0.15, -0.1) is 0 Å². The molecule has 1 unspecified atom stereocenters. The van der Waals surface area contributed by atoms with E-state index in [1.54, 1.807) is 6.92 Å². The van der Waals surface area contributed by atoms with Gasteiger partial charge in [-0.3, -0.25) is 0 Å². The Hall–Kier alpha value is -0.0425. The summed E-state index contributed by atoms with van der Waals surface area (Å²) < 4.78 is 24.5. The summed E-state index contributed by atoms with van der Waals surface area (Å²) in [5.41, 5.74) is -0.0666. The van der Waals surface area contributed by atoms with Crippen LogP contribution in [0.15, 0.2) is 12.2 Å². The molecular formula is C13H32O5Si4. The van der Waals surface area contributed by atoms with Gasteiger partial charge >= 0.3 is 14.8 Å². The van der Waals surface area contributed by atoms with Crippen LogP contribution >= 0.6 is 0 Å². The van der Waals surface area contributed by atoms with Gasteiger partial charge in [0.05, 0.1) is 0 Å². The molecule has 0 spiro atoms. The van der Waals surface area contributed by atoms with Crippen LogP contribution in [-0.4, -0.2) is 47.6 Å². The molecule has 0 bridgehead atoms. The molecular weight excluding hydrogens is 348 g/mol. The Labute approximate surface area is 141 Å². The third kappa shape index (κ3) is 7.48. The van der Waals surface area contributed by atoms with Crippen molar-refractivity contribution in [1.29, 1.82) is 0 Å². The SMILES string of the molecule is C=C(C)C(=O)OC(CC)[Si](O[SiH](C)C)(O[SiH](C)C)O[SiH](C)C. The number of ether oxygens (including phenoxy) is 1. The first-order chi connectivity index (χ1) is 10.0. The molecule has 0 aromatic carbocycles. The predicted octanol–water partition coefficient (Wildman–Crippen LogP) is 2.36. The first-order valence-electron chi connectivity index (χ1n) is 7.94. The highest BCUT2D eigenvalue weighted by Gasteiger charge is 2.52. The third-order valence-electron chi connectivity index (χ3n) is 2.56. The van der Waals surface area contributed by atoms with Gasteiger partial charge in [-0.2, -0.15) is 0 Å². The zero-order valence-corrected chi connectivity index (χ0v) is 19.7. The van der Waals surface area contributed by atoms with Crippen LogP contribution in [0.4, 0.5) is 0 Å². The standard InChI is InChI=1S/C13H32O5Si4/c1-10-12(15-13(14)11(2)3)22(16-19(4)5,17-20(6)7)18-21(8)9/h12,19-21H,2,10H2,1,3-9H3. The quantitative estimate of drug-likeness (QED) is 0.331. The summed E-state index contributed by atoms with van der Waals surface area (Å²) >= 11 is 0. The van der Waals surface area contributed by atoms with Crippen molar-refractivity contribution in [1.82, 2.24) is 0 Å². The van der Waals surface area contributed by atoms with Gasteiger partial charge in [0.25, 0.3) is 0 Å². The fourth-order valence-corrected chi connectivity index (χ4v) is 14.6. The molecule has 5 nitrogen and oxygen atoms in total. The number of carbonyl (C=O) groups is 1. The molecule has 22 heavy (non-hydrogen) atoms. The molecule has 0 amide bonds. The lowest BCUT2D eigenvalue weighted by atomic mass is 10.4. The van der Waals surface area contributed by atoms with E-state index in [0.29, 0.717) is 12.0 Å². The van der Waals surface area contributed by atoms with E-state index >= 15 is 0 Å². The topological polar surface area (TPSA) is 54.0 Å². The molecule has 0 aliphatic rings. The van der Waals surface area contributed by atoms with Gasteiger partial charge in [-0.1, -0.05) is 13.5 Å². The summed E-state index contributed by atoms with van der Waals surface area (Å²) in [6.45, 7) is 19.8. The van der Waals surface area contributed by atoms with Crippen LogP contribution in [0, 0.1) is 0 Å². The normalized spacial score (nSPS) is 13.8. The van der Waals surface area contributed by atoms with Crippen LogP contribution in [0.25, 0.3) is 0 Å². The van der Waals surface area contributed by atoms with E-state index in [1.165, 1.54) is 0 Å². The van der Waals surface area contributed by atoms with Crippen LogP contribution in [0.2, 0.25) is 39.3 Å². The molecule has 0 heterocycles. The fourth-order valence-electron chi connectivity index (χ4n) is 1.93. The minimum absolute atomic E-state index is 0.381. The van der Waals surface area contributed by atoms with E-state index in [2.05, 4.69) is 45.9 Å². The average molecular weight is 381 g/mol. The first kappa shape index (κ1) is 22.0. The molecule has 0 saturated heterocycles. The maximum Gasteiger partial charge on any atom is 0.512 e. The molecule has 0 aromatic rings. The van der Waals surface area contributed by atoms with Crippen molar-refractivity contribution >= 4 is 41.9 Å². The van der Waals surface area contributed by atoms with Crippen molar-refractivity contribution in [2.75, 3.05) is 0 Å². The second-order valence-corrected chi connectivity index (χ2v) is 17.2. The molecule has 1 atom stereocenters. The third-order valence-corrected chi connectivity index (χ3v) is 13.5. The van der Waals surface area contributed by atoms with Gasteiger partial charge in [0.15, 0.2) is 32.8 Å². The maximum absolute atomic E-state index is 12.0.